The maximum atomic E-state index is 11.9. The number of methoxy groups -OCH3 is 1. The van der Waals surface area contributed by atoms with Crippen LogP contribution in [0.1, 0.15) is 35.3 Å². The third kappa shape index (κ3) is 2.75. The van der Waals surface area contributed by atoms with E-state index in [0.29, 0.717) is 5.56 Å². The van der Waals surface area contributed by atoms with Gasteiger partial charge in [0.25, 0.3) is 5.91 Å². The van der Waals surface area contributed by atoms with Crippen molar-refractivity contribution < 1.29 is 9.53 Å². The molecule has 3 heteroatoms. The van der Waals surface area contributed by atoms with Crippen LogP contribution in [0.2, 0.25) is 0 Å². The molecule has 16 heavy (non-hydrogen) atoms. The molecule has 0 radical (unpaired) electrons. The zero-order valence-corrected chi connectivity index (χ0v) is 10.5. The summed E-state index contributed by atoms with van der Waals surface area (Å²) >= 11 is 0. The van der Waals surface area contributed by atoms with Crippen molar-refractivity contribution in [2.24, 2.45) is 0 Å². The molecule has 0 saturated carbocycles. The van der Waals surface area contributed by atoms with E-state index in [1.54, 1.807) is 7.11 Å². The highest BCUT2D eigenvalue weighted by Gasteiger charge is 2.12. The number of ether oxygens (including phenoxy) is 1. The summed E-state index contributed by atoms with van der Waals surface area (Å²) in [4.78, 5) is 11.9. The van der Waals surface area contributed by atoms with E-state index in [1.807, 2.05) is 39.8 Å². The second-order valence-electron chi connectivity index (χ2n) is 4.26. The minimum atomic E-state index is -0.0294. The molecule has 0 aromatic heterocycles. The van der Waals surface area contributed by atoms with Gasteiger partial charge < -0.3 is 10.1 Å². The van der Waals surface area contributed by atoms with Gasteiger partial charge in [0.1, 0.15) is 5.75 Å². The van der Waals surface area contributed by atoms with Gasteiger partial charge in [-0.05, 0) is 51.0 Å². The van der Waals surface area contributed by atoms with Crippen molar-refractivity contribution in [1.29, 1.82) is 0 Å². The number of carbonyl (C=O) groups is 1. The Morgan fingerprint density at radius 2 is 1.88 bits per heavy atom. The first-order valence-corrected chi connectivity index (χ1v) is 5.41. The predicted molar refractivity (Wildman–Crippen MR) is 65.1 cm³/mol. The second kappa shape index (κ2) is 5.01. The van der Waals surface area contributed by atoms with Crippen molar-refractivity contribution in [2.75, 3.05) is 7.11 Å². The zero-order valence-electron chi connectivity index (χ0n) is 10.5. The van der Waals surface area contributed by atoms with Crippen LogP contribution in [0.15, 0.2) is 12.1 Å². The smallest absolute Gasteiger partial charge is 0.251 e. The molecule has 1 aromatic carbocycles. The van der Waals surface area contributed by atoms with E-state index in [9.17, 15) is 4.79 Å². The first-order valence-electron chi connectivity index (χ1n) is 5.41. The average Bonchev–Trinajstić information content (AvgIpc) is 2.19. The molecule has 0 aliphatic rings. The van der Waals surface area contributed by atoms with Crippen LogP contribution in [0.3, 0.4) is 0 Å². The highest BCUT2D eigenvalue weighted by atomic mass is 16.5. The predicted octanol–water partition coefficient (Wildman–Crippen LogP) is 2.45. The standard InChI is InChI=1S/C13H19NO2/c1-8(2)14-13(15)11-6-10(4)12(16-5)7-9(11)3/h6-8H,1-5H3,(H,14,15). The van der Waals surface area contributed by atoms with Crippen LogP contribution in [-0.2, 0) is 0 Å². The van der Waals surface area contributed by atoms with Gasteiger partial charge in [-0.2, -0.15) is 0 Å². The molecule has 0 aliphatic heterocycles. The van der Waals surface area contributed by atoms with Crippen LogP contribution >= 0.6 is 0 Å². The number of amides is 1. The number of aryl methyl sites for hydroxylation is 2. The number of rotatable bonds is 3. The Bertz CT molecular complexity index is 397. The van der Waals surface area contributed by atoms with Gasteiger partial charge in [-0.25, -0.2) is 0 Å². The van der Waals surface area contributed by atoms with E-state index >= 15 is 0 Å². The Hall–Kier alpha value is -1.51. The summed E-state index contributed by atoms with van der Waals surface area (Å²) in [5.41, 5.74) is 2.62. The summed E-state index contributed by atoms with van der Waals surface area (Å²) in [7, 11) is 1.63. The topological polar surface area (TPSA) is 38.3 Å². The highest BCUT2D eigenvalue weighted by molar-refractivity contribution is 5.96. The van der Waals surface area contributed by atoms with Crippen molar-refractivity contribution in [1.82, 2.24) is 5.32 Å². The van der Waals surface area contributed by atoms with Crippen LogP contribution in [0.5, 0.6) is 5.75 Å². The average molecular weight is 221 g/mol. The summed E-state index contributed by atoms with van der Waals surface area (Å²) in [6, 6.07) is 3.91. The quantitative estimate of drug-likeness (QED) is 0.851. The summed E-state index contributed by atoms with van der Waals surface area (Å²) in [6.07, 6.45) is 0. The number of hydrogen-bond donors (Lipinski definition) is 1. The van der Waals surface area contributed by atoms with Crippen molar-refractivity contribution >= 4 is 5.91 Å². The molecule has 0 fully saturated rings. The lowest BCUT2D eigenvalue weighted by molar-refractivity contribution is 0.0942. The highest BCUT2D eigenvalue weighted by Crippen LogP contribution is 2.22. The van der Waals surface area contributed by atoms with Gasteiger partial charge in [0.05, 0.1) is 7.11 Å². The first kappa shape index (κ1) is 12.6. The second-order valence-corrected chi connectivity index (χ2v) is 4.26. The third-order valence-corrected chi connectivity index (χ3v) is 2.41. The lowest BCUT2D eigenvalue weighted by Gasteiger charge is -2.13. The summed E-state index contributed by atoms with van der Waals surface area (Å²) in [5, 5.41) is 2.88. The van der Waals surface area contributed by atoms with Crippen molar-refractivity contribution in [3.8, 4) is 5.75 Å². The van der Waals surface area contributed by atoms with Crippen LogP contribution in [0.25, 0.3) is 0 Å². The van der Waals surface area contributed by atoms with Crippen LogP contribution in [-0.4, -0.2) is 19.1 Å². The molecule has 3 nitrogen and oxygen atoms in total. The van der Waals surface area contributed by atoms with E-state index in [1.165, 1.54) is 0 Å². The molecular weight excluding hydrogens is 202 g/mol. The van der Waals surface area contributed by atoms with E-state index < -0.39 is 0 Å². The van der Waals surface area contributed by atoms with E-state index in [2.05, 4.69) is 5.32 Å². The fourth-order valence-electron chi connectivity index (χ4n) is 1.59. The Balaban J connectivity index is 3.06. The van der Waals surface area contributed by atoms with E-state index in [4.69, 9.17) is 4.74 Å². The minimum absolute atomic E-state index is 0.0294. The normalized spacial score (nSPS) is 10.4. The maximum absolute atomic E-state index is 11.9. The van der Waals surface area contributed by atoms with Gasteiger partial charge in [-0.3, -0.25) is 4.79 Å². The molecule has 0 aliphatic carbocycles. The lowest BCUT2D eigenvalue weighted by Crippen LogP contribution is -2.30. The van der Waals surface area contributed by atoms with Gasteiger partial charge >= 0.3 is 0 Å². The monoisotopic (exact) mass is 221 g/mol. The van der Waals surface area contributed by atoms with Gasteiger partial charge in [0.15, 0.2) is 0 Å². The van der Waals surface area contributed by atoms with Crippen molar-refractivity contribution in [3.63, 3.8) is 0 Å². The first-order chi connectivity index (χ1) is 7.45. The van der Waals surface area contributed by atoms with Crippen LogP contribution in [0, 0.1) is 13.8 Å². The molecule has 0 unspecified atom stereocenters. The molecule has 0 atom stereocenters. The maximum Gasteiger partial charge on any atom is 0.251 e. The largest absolute Gasteiger partial charge is 0.496 e. The van der Waals surface area contributed by atoms with Gasteiger partial charge in [0, 0.05) is 11.6 Å². The molecule has 0 spiro atoms. The molecular formula is C13H19NO2. The summed E-state index contributed by atoms with van der Waals surface area (Å²) in [6.45, 7) is 7.74. The molecule has 0 bridgehead atoms. The SMILES string of the molecule is COc1cc(C)c(C(=O)NC(C)C)cc1C. The Labute approximate surface area is 96.8 Å². The minimum Gasteiger partial charge on any atom is -0.496 e. The third-order valence-electron chi connectivity index (χ3n) is 2.41. The number of hydrogen-bond acceptors (Lipinski definition) is 2. The number of carbonyl (C=O) groups excluding carboxylic acids is 1. The molecule has 1 rings (SSSR count). The van der Waals surface area contributed by atoms with E-state index in [-0.39, 0.29) is 11.9 Å². The van der Waals surface area contributed by atoms with Gasteiger partial charge in [-0.15, -0.1) is 0 Å². The van der Waals surface area contributed by atoms with Crippen molar-refractivity contribution in [3.05, 3.63) is 28.8 Å². The molecule has 1 amide bonds. The van der Waals surface area contributed by atoms with Crippen LogP contribution < -0.4 is 10.1 Å². The Morgan fingerprint density at radius 3 is 2.38 bits per heavy atom. The zero-order chi connectivity index (χ0) is 12.3. The molecule has 0 saturated heterocycles. The Kier molecular flexibility index (Phi) is 3.93. The van der Waals surface area contributed by atoms with Gasteiger partial charge in [-0.1, -0.05) is 0 Å². The molecule has 88 valence electrons. The van der Waals surface area contributed by atoms with Gasteiger partial charge in [0.2, 0.25) is 0 Å². The Morgan fingerprint density at radius 1 is 1.25 bits per heavy atom. The van der Waals surface area contributed by atoms with Crippen LogP contribution in [0.4, 0.5) is 0 Å². The number of nitrogens with one attached hydrogen (secondary N) is 1. The number of benzene rings is 1. The summed E-state index contributed by atoms with van der Waals surface area (Å²) < 4.78 is 5.21. The molecule has 0 heterocycles. The molecule has 1 N–H and O–H groups in total. The molecule has 1 aromatic rings. The fraction of sp³-hybridized carbons (Fsp3) is 0.462. The fourth-order valence-corrected chi connectivity index (χ4v) is 1.59. The lowest BCUT2D eigenvalue weighted by atomic mass is 10.0. The van der Waals surface area contributed by atoms with E-state index in [0.717, 1.165) is 16.9 Å². The summed E-state index contributed by atoms with van der Waals surface area (Å²) in [5.74, 6) is 0.789. The van der Waals surface area contributed by atoms with Crippen molar-refractivity contribution in [2.45, 2.75) is 33.7 Å².